The van der Waals surface area contributed by atoms with E-state index >= 15 is 0 Å². The molecule has 0 spiro atoms. The van der Waals surface area contributed by atoms with E-state index in [-0.39, 0.29) is 12.1 Å². The zero-order chi connectivity index (χ0) is 11.3. The Labute approximate surface area is 91.1 Å². The Balaban J connectivity index is 2.27. The summed E-state index contributed by atoms with van der Waals surface area (Å²) in [5, 5.41) is 0. The van der Waals surface area contributed by atoms with E-state index in [1.54, 1.807) is 0 Å². The Morgan fingerprint density at radius 2 is 2.07 bits per heavy atom. The summed E-state index contributed by atoms with van der Waals surface area (Å²) in [6.45, 7) is 5.44. The first-order valence-corrected chi connectivity index (χ1v) is 5.63. The quantitative estimate of drug-likeness (QED) is 0.713. The van der Waals surface area contributed by atoms with Gasteiger partial charge in [0, 0.05) is 12.8 Å². The highest BCUT2D eigenvalue weighted by Crippen LogP contribution is 2.12. The zero-order valence-electron chi connectivity index (χ0n) is 9.57. The molecule has 1 aliphatic rings. The van der Waals surface area contributed by atoms with Crippen molar-refractivity contribution < 1.29 is 14.3 Å². The second-order valence-electron chi connectivity index (χ2n) is 4.48. The molecule has 1 atom stereocenters. The molecular formula is C11H21NO3. The molecule has 0 aromatic heterocycles. The van der Waals surface area contributed by atoms with E-state index in [1.165, 1.54) is 0 Å². The maximum absolute atomic E-state index is 11.6. The number of esters is 1. The van der Waals surface area contributed by atoms with Crippen molar-refractivity contribution in [3.63, 3.8) is 0 Å². The lowest BCUT2D eigenvalue weighted by Crippen LogP contribution is -2.37. The zero-order valence-corrected chi connectivity index (χ0v) is 9.57. The predicted molar refractivity (Wildman–Crippen MR) is 57.4 cm³/mol. The number of rotatable bonds is 4. The minimum absolute atomic E-state index is 0.00413. The van der Waals surface area contributed by atoms with Crippen LogP contribution in [0.2, 0.25) is 0 Å². The van der Waals surface area contributed by atoms with Crippen LogP contribution in [-0.2, 0) is 14.3 Å². The van der Waals surface area contributed by atoms with Gasteiger partial charge in [-0.15, -0.1) is 0 Å². The summed E-state index contributed by atoms with van der Waals surface area (Å²) in [6, 6.07) is -0.479. The molecule has 1 saturated heterocycles. The summed E-state index contributed by atoms with van der Waals surface area (Å²) in [5.74, 6) is 0.151. The topological polar surface area (TPSA) is 61.6 Å². The summed E-state index contributed by atoms with van der Waals surface area (Å²) < 4.78 is 10.5. The Bertz CT molecular complexity index is 200. The van der Waals surface area contributed by atoms with Gasteiger partial charge in [-0.05, 0) is 12.3 Å². The van der Waals surface area contributed by atoms with Crippen LogP contribution in [0.25, 0.3) is 0 Å². The van der Waals surface area contributed by atoms with E-state index in [9.17, 15) is 4.79 Å². The number of carbonyl (C=O) groups excluding carboxylic acids is 1. The first-order chi connectivity index (χ1) is 7.09. The predicted octanol–water partition coefficient (Wildman–Crippen LogP) is 1.08. The molecular weight excluding hydrogens is 194 g/mol. The maximum atomic E-state index is 11.6. The van der Waals surface area contributed by atoms with Crippen LogP contribution < -0.4 is 5.73 Å². The third-order valence-corrected chi connectivity index (χ3v) is 2.48. The summed E-state index contributed by atoms with van der Waals surface area (Å²) >= 11 is 0. The molecule has 1 aliphatic heterocycles. The average Bonchev–Trinajstić information content (AvgIpc) is 2.18. The molecule has 0 bridgehead atoms. The van der Waals surface area contributed by atoms with Crippen molar-refractivity contribution in [2.45, 2.75) is 45.3 Å². The lowest BCUT2D eigenvalue weighted by atomic mass is 10.0. The number of nitrogens with two attached hydrogens (primary N) is 1. The molecule has 0 amide bonds. The van der Waals surface area contributed by atoms with E-state index in [4.69, 9.17) is 15.2 Å². The van der Waals surface area contributed by atoms with E-state index < -0.39 is 6.04 Å². The molecule has 4 heteroatoms. The van der Waals surface area contributed by atoms with Gasteiger partial charge in [0.1, 0.15) is 12.1 Å². The minimum Gasteiger partial charge on any atom is -0.461 e. The fourth-order valence-corrected chi connectivity index (χ4v) is 1.65. The second kappa shape index (κ2) is 6.08. The molecule has 2 N–H and O–H groups in total. The number of hydrogen-bond donors (Lipinski definition) is 1. The Morgan fingerprint density at radius 3 is 2.60 bits per heavy atom. The van der Waals surface area contributed by atoms with Gasteiger partial charge in [0.05, 0.1) is 13.2 Å². The molecule has 0 radical (unpaired) electrons. The summed E-state index contributed by atoms with van der Waals surface area (Å²) in [6.07, 6.45) is 2.27. The van der Waals surface area contributed by atoms with Crippen LogP contribution >= 0.6 is 0 Å². The van der Waals surface area contributed by atoms with E-state index in [0.29, 0.717) is 25.6 Å². The summed E-state index contributed by atoms with van der Waals surface area (Å²) in [7, 11) is 0. The van der Waals surface area contributed by atoms with Crippen molar-refractivity contribution >= 4 is 5.97 Å². The van der Waals surface area contributed by atoms with Crippen LogP contribution in [0.3, 0.4) is 0 Å². The SMILES string of the molecule is CC(C)C[C@@H](N)C(=O)OC1CCOCC1. The number of carbonyl (C=O) groups is 1. The van der Waals surface area contributed by atoms with Crippen LogP contribution in [0.4, 0.5) is 0 Å². The monoisotopic (exact) mass is 215 g/mol. The molecule has 0 saturated carbocycles. The average molecular weight is 215 g/mol. The van der Waals surface area contributed by atoms with Gasteiger partial charge >= 0.3 is 5.97 Å². The van der Waals surface area contributed by atoms with Gasteiger partial charge in [0.2, 0.25) is 0 Å². The van der Waals surface area contributed by atoms with Crippen molar-refractivity contribution in [1.29, 1.82) is 0 Å². The molecule has 1 rings (SSSR count). The van der Waals surface area contributed by atoms with Crippen molar-refractivity contribution in [3.05, 3.63) is 0 Å². The maximum Gasteiger partial charge on any atom is 0.323 e. The molecule has 88 valence electrons. The van der Waals surface area contributed by atoms with Crippen molar-refractivity contribution in [2.24, 2.45) is 11.7 Å². The smallest absolute Gasteiger partial charge is 0.323 e. The Hall–Kier alpha value is -0.610. The van der Waals surface area contributed by atoms with Crippen LogP contribution in [0.1, 0.15) is 33.1 Å². The molecule has 15 heavy (non-hydrogen) atoms. The van der Waals surface area contributed by atoms with Gasteiger partial charge < -0.3 is 15.2 Å². The summed E-state index contributed by atoms with van der Waals surface area (Å²) in [4.78, 5) is 11.6. The molecule has 0 unspecified atom stereocenters. The molecule has 1 fully saturated rings. The van der Waals surface area contributed by atoms with Gasteiger partial charge in [-0.1, -0.05) is 13.8 Å². The number of ether oxygens (including phenoxy) is 2. The third kappa shape index (κ3) is 4.62. The fourth-order valence-electron chi connectivity index (χ4n) is 1.65. The standard InChI is InChI=1S/C11H21NO3/c1-8(2)7-10(12)11(13)15-9-3-5-14-6-4-9/h8-10H,3-7,12H2,1-2H3/t10-/m1/s1. The highest BCUT2D eigenvalue weighted by molar-refractivity contribution is 5.75. The van der Waals surface area contributed by atoms with Crippen molar-refractivity contribution in [3.8, 4) is 0 Å². The van der Waals surface area contributed by atoms with Crippen LogP contribution in [0, 0.1) is 5.92 Å². The first kappa shape index (κ1) is 12.5. The Morgan fingerprint density at radius 1 is 1.47 bits per heavy atom. The van der Waals surface area contributed by atoms with Crippen molar-refractivity contribution in [2.75, 3.05) is 13.2 Å². The normalized spacial score (nSPS) is 20.3. The van der Waals surface area contributed by atoms with E-state index in [1.807, 2.05) is 13.8 Å². The molecule has 0 aromatic carbocycles. The largest absolute Gasteiger partial charge is 0.461 e. The molecule has 4 nitrogen and oxygen atoms in total. The van der Waals surface area contributed by atoms with Crippen LogP contribution in [-0.4, -0.2) is 31.3 Å². The van der Waals surface area contributed by atoms with Gasteiger partial charge in [-0.25, -0.2) is 0 Å². The fraction of sp³-hybridized carbons (Fsp3) is 0.909. The van der Waals surface area contributed by atoms with Gasteiger partial charge in [0.15, 0.2) is 0 Å². The third-order valence-electron chi connectivity index (χ3n) is 2.48. The van der Waals surface area contributed by atoms with E-state index in [0.717, 1.165) is 12.8 Å². The first-order valence-electron chi connectivity index (χ1n) is 5.63. The summed E-state index contributed by atoms with van der Waals surface area (Å²) in [5.41, 5.74) is 5.73. The lowest BCUT2D eigenvalue weighted by Gasteiger charge is -2.24. The van der Waals surface area contributed by atoms with Crippen molar-refractivity contribution in [1.82, 2.24) is 0 Å². The lowest BCUT2D eigenvalue weighted by molar-refractivity contribution is -0.155. The van der Waals surface area contributed by atoms with Gasteiger partial charge in [-0.3, -0.25) is 4.79 Å². The van der Waals surface area contributed by atoms with Gasteiger partial charge in [0.25, 0.3) is 0 Å². The second-order valence-corrected chi connectivity index (χ2v) is 4.48. The highest BCUT2D eigenvalue weighted by Gasteiger charge is 2.22. The van der Waals surface area contributed by atoms with Gasteiger partial charge in [-0.2, -0.15) is 0 Å². The van der Waals surface area contributed by atoms with Crippen LogP contribution in [0.15, 0.2) is 0 Å². The molecule has 0 aliphatic carbocycles. The van der Waals surface area contributed by atoms with Crippen LogP contribution in [0.5, 0.6) is 0 Å². The minimum atomic E-state index is -0.479. The Kier molecular flexibility index (Phi) is 5.05. The number of hydrogen-bond acceptors (Lipinski definition) is 4. The molecule has 0 aromatic rings. The highest BCUT2D eigenvalue weighted by atomic mass is 16.6. The van der Waals surface area contributed by atoms with E-state index in [2.05, 4.69) is 0 Å². The molecule has 1 heterocycles.